The van der Waals surface area contributed by atoms with Gasteiger partial charge in [0, 0.05) is 78.5 Å². The van der Waals surface area contributed by atoms with Gasteiger partial charge in [-0.3, -0.25) is 33.6 Å². The van der Waals surface area contributed by atoms with Crippen LogP contribution in [0.5, 0.6) is 0 Å². The van der Waals surface area contributed by atoms with Crippen molar-refractivity contribution >= 4 is 41.4 Å². The Kier molecular flexibility index (Phi) is 36.3. The third-order valence-electron chi connectivity index (χ3n) is 24.1. The van der Waals surface area contributed by atoms with Crippen molar-refractivity contribution in [3.05, 3.63) is 83.2 Å². The number of hydrogen-bond acceptors (Lipinski definition) is 55. The first kappa shape index (κ1) is 108. The molecule has 0 radical (unpaired) electrons. The summed E-state index contributed by atoms with van der Waals surface area (Å²) in [6.45, 7) is -5.33. The van der Waals surface area contributed by atoms with Gasteiger partial charge in [-0.05, 0) is 0 Å². The van der Waals surface area contributed by atoms with Crippen molar-refractivity contribution in [3.63, 3.8) is 0 Å². The number of nitrogens with zero attached hydrogens (tertiary/aromatic N) is 20. The van der Waals surface area contributed by atoms with E-state index in [9.17, 15) is 105 Å². The highest BCUT2D eigenvalue weighted by molar-refractivity contribution is 5.94. The highest BCUT2D eigenvalue weighted by Gasteiger charge is 2.62. The molecular weight excluding hydrogens is 1950 g/mol. The number of nitrogens with two attached hydrogens (primary N) is 7. The Morgan fingerprint density at radius 2 is 0.448 bits per heavy atom. The van der Waals surface area contributed by atoms with Crippen molar-refractivity contribution in [2.75, 3.05) is 85.2 Å². The summed E-state index contributed by atoms with van der Waals surface area (Å²) in [5.74, 6) is -5.74. The number of aliphatic hydroxyl groups is 14. The summed E-state index contributed by atoms with van der Waals surface area (Å²) < 4.78 is 97.3. The molecule has 14 unspecified atom stereocenters. The Hall–Kier alpha value is -11.1. The standard InChI is InChI=1S/C75H115N35O35/c76-1-7-83-61(125)27-13-104(97-90-27)20-34-54-40(111)47(118)70(132-34)140-57-37(23-109-18-32(95-102-109)67(131)89-26-82)135-71(49(120)43(57)114)139-55-35(21-105-14-28(91-98-105)62(126)84-8-2-77)134-72(50(121)42(55)113)142-58-38(24-107-16-30(93-100-107)64(128)86-10-4-79)137-74(52(123)45(58)116)144-60-46(117)53(124)75(145-68(60)110-19-33(96-103-110)66(130)88-12-6-81)143-59-39(25-108-17-31(94-101-108)65(129)87-11-5-80)136-73(51(122)44(59)115)141-56-36(133-69(138-54)48(119)41(56)112)22-106-15-29(92-99-106)63(127)85-9-3-78/h13-19,34-60,68-75,111-124H,1-12,20-26,76-82H2,(H7,83,84,85,86,87,88,89,125,126,127,128,129,130,131)/p+1/t34?,35?,36?,37?,38?,39?,40-,41-,42-,43-,44-,45-,46-,47?,48?,49?,50?,51?,52?,53?,54+,55+,56+,57+,58+,59+,60-,68?,69+,70+,71+,72+,73+,74+,75+/m1/s1. The summed E-state index contributed by atoms with van der Waals surface area (Å²) in [7, 11) is 0. The van der Waals surface area contributed by atoms with Gasteiger partial charge in [0.25, 0.3) is 41.7 Å². The van der Waals surface area contributed by atoms with E-state index in [4.69, 9.17) is 106 Å². The van der Waals surface area contributed by atoms with Crippen LogP contribution in [0.4, 0.5) is 0 Å². The molecule has 28 rings (SSSR count). The van der Waals surface area contributed by atoms with Crippen molar-refractivity contribution < 1.29 is 176 Å². The zero-order chi connectivity index (χ0) is 103. The smallest absolute Gasteiger partial charge is 0.305 e. The van der Waals surface area contributed by atoms with E-state index in [1.165, 1.54) is 0 Å². The maximum absolute atomic E-state index is 13.7. The second-order valence-electron chi connectivity index (χ2n) is 34.3. The molecule has 0 aliphatic carbocycles. The first-order valence-corrected chi connectivity index (χ1v) is 45.7. The summed E-state index contributed by atoms with van der Waals surface area (Å²) in [6, 6.07) is 0. The molecule has 21 aliphatic rings. The van der Waals surface area contributed by atoms with Crippen molar-refractivity contribution in [2.24, 2.45) is 40.1 Å². The largest absolute Gasteiger partial charge is 0.387 e. The van der Waals surface area contributed by atoms with Gasteiger partial charge < -0.3 is 215 Å². The summed E-state index contributed by atoms with van der Waals surface area (Å²) in [5.41, 5.74) is 37.2. The number of aromatic nitrogens is 21. The molecule has 35 atom stereocenters. The molecule has 7 aromatic heterocycles. The number of ether oxygens (including phenoxy) is 14. The molecular formula is C75H116N35O35+. The van der Waals surface area contributed by atoms with Gasteiger partial charge in [-0.1, -0.05) is 36.5 Å². The van der Waals surface area contributed by atoms with E-state index in [0.717, 1.165) is 76.2 Å². The van der Waals surface area contributed by atoms with Crippen molar-refractivity contribution in [2.45, 2.75) is 254 Å². The van der Waals surface area contributed by atoms with Gasteiger partial charge >= 0.3 is 11.6 Å². The molecule has 0 aromatic carbocycles. The fourth-order valence-electron chi connectivity index (χ4n) is 16.8. The van der Waals surface area contributed by atoms with Crippen molar-refractivity contribution in [1.82, 2.24) is 137 Å². The average molecular weight is 2070 g/mol. The minimum Gasteiger partial charge on any atom is -0.387 e. The number of carbonyl (C=O) groups is 7. The summed E-state index contributed by atoms with van der Waals surface area (Å²) in [5, 5.41) is 250. The fourth-order valence-corrected chi connectivity index (χ4v) is 16.8. The summed E-state index contributed by atoms with van der Waals surface area (Å²) >= 11 is 0. The van der Waals surface area contributed by atoms with Gasteiger partial charge in [0.15, 0.2) is 90.5 Å². The first-order chi connectivity index (χ1) is 69.7. The van der Waals surface area contributed by atoms with Crippen molar-refractivity contribution in [3.8, 4) is 0 Å². The van der Waals surface area contributed by atoms with E-state index < -0.39 is 308 Å². The minimum atomic E-state index is -2.50. The molecule has 7 aromatic rings. The summed E-state index contributed by atoms with van der Waals surface area (Å²) in [6.07, 6.45) is -71.6. The molecule has 14 bridgehead atoms. The quantitative estimate of drug-likeness (QED) is 0.0134. The van der Waals surface area contributed by atoms with Crippen LogP contribution in [0.25, 0.3) is 0 Å². The topological polar surface area (TPSA) is 1020 Å². The Bertz CT molecular complexity index is 5370. The third-order valence-corrected chi connectivity index (χ3v) is 24.1. The number of hydrogen-bond donors (Lipinski definition) is 29. The fraction of sp³-hybridized carbons (Fsp3) is 0.720. The molecule has 145 heavy (non-hydrogen) atoms. The highest BCUT2D eigenvalue weighted by atomic mass is 16.8. The Morgan fingerprint density at radius 1 is 0.262 bits per heavy atom. The second-order valence-corrected chi connectivity index (χ2v) is 34.3. The predicted octanol–water partition coefficient (Wildman–Crippen LogP) is -22.8. The van der Waals surface area contributed by atoms with E-state index in [1.807, 2.05) is 0 Å². The monoisotopic (exact) mass is 2070 g/mol. The number of H-pyrrole nitrogens is 1. The van der Waals surface area contributed by atoms with E-state index >= 15 is 0 Å². The molecule has 0 saturated carbocycles. The maximum atomic E-state index is 13.7. The molecule has 70 heteroatoms. The highest BCUT2D eigenvalue weighted by Crippen LogP contribution is 2.42. The van der Waals surface area contributed by atoms with Gasteiger partial charge in [0.1, 0.15) is 159 Å². The summed E-state index contributed by atoms with van der Waals surface area (Å²) in [4.78, 5) is 93.8. The van der Waals surface area contributed by atoms with Gasteiger partial charge in [-0.2, -0.15) is 0 Å². The van der Waals surface area contributed by atoms with Crippen LogP contribution in [0.1, 0.15) is 79.6 Å². The molecule has 21 fully saturated rings. The van der Waals surface area contributed by atoms with Gasteiger partial charge in [-0.25, -0.2) is 28.1 Å². The van der Waals surface area contributed by atoms with Crippen LogP contribution >= 0.6 is 0 Å². The van der Waals surface area contributed by atoms with Crippen LogP contribution < -0.4 is 82.0 Å². The number of rotatable bonds is 33. The van der Waals surface area contributed by atoms with Crippen LogP contribution in [0.15, 0.2) is 43.4 Å². The normalized spacial score (nSPS) is 34.6. The molecule has 0 spiro atoms. The van der Waals surface area contributed by atoms with E-state index in [-0.39, 0.29) is 113 Å². The third kappa shape index (κ3) is 24.8. The molecule has 7 amide bonds. The Balaban J connectivity index is 0.854. The number of amides is 7. The van der Waals surface area contributed by atoms with E-state index in [2.05, 4.69) is 109 Å². The van der Waals surface area contributed by atoms with Gasteiger partial charge in [0.05, 0.1) is 88.2 Å². The van der Waals surface area contributed by atoms with E-state index in [0.29, 0.717) is 0 Å². The molecule has 70 nitrogen and oxygen atoms in total. The average Bonchev–Trinajstić information content (AvgIpc) is 1.07. The number of aliphatic hydroxyl groups excluding tert-OH is 14. The number of carbonyl (C=O) groups excluding carboxylic acids is 7. The lowest BCUT2D eigenvalue weighted by atomic mass is 9.94. The lowest BCUT2D eigenvalue weighted by Gasteiger charge is -2.50. The van der Waals surface area contributed by atoms with Gasteiger partial charge in [0.2, 0.25) is 0 Å². The Labute approximate surface area is 815 Å². The van der Waals surface area contributed by atoms with E-state index in [1.54, 1.807) is 0 Å². The lowest BCUT2D eigenvalue weighted by molar-refractivity contribution is -0.828. The number of nitrogens with one attached hydrogen (secondary N) is 8. The molecule has 28 heterocycles. The Morgan fingerprint density at radius 3 is 0.655 bits per heavy atom. The van der Waals surface area contributed by atoms with Crippen LogP contribution in [0.2, 0.25) is 0 Å². The maximum Gasteiger partial charge on any atom is 0.305 e. The zero-order valence-electron chi connectivity index (χ0n) is 76.5. The first-order valence-electron chi connectivity index (χ1n) is 45.7. The lowest BCUT2D eigenvalue weighted by Crippen LogP contribution is -2.69. The zero-order valence-corrected chi connectivity index (χ0v) is 76.5. The molecule has 800 valence electrons. The molecule has 36 N–H and O–H groups in total. The van der Waals surface area contributed by atoms with Crippen LogP contribution in [0.3, 0.4) is 0 Å². The molecule has 21 saturated heterocycles. The van der Waals surface area contributed by atoms with Crippen LogP contribution in [-0.2, 0) is 106 Å². The number of aromatic amines is 1. The molecule has 21 aliphatic heterocycles. The predicted molar refractivity (Wildman–Crippen MR) is 458 cm³/mol. The van der Waals surface area contributed by atoms with Crippen molar-refractivity contribution in [1.29, 1.82) is 0 Å². The van der Waals surface area contributed by atoms with Crippen LogP contribution in [-0.4, -0.2) is 507 Å². The minimum absolute atomic E-state index is 0.0207. The van der Waals surface area contributed by atoms with Gasteiger partial charge in [-0.15, -0.1) is 35.3 Å². The second kappa shape index (κ2) is 48.7. The van der Waals surface area contributed by atoms with Crippen LogP contribution in [0, 0.1) is 0 Å². The SMILES string of the molecule is NCCNC(=O)c1cn(CC2O[C@H]3O[C@H]4C(Cn5cc(C(=O)NCN)nn5)O[C@@H](O[C@H]5C(Cn6cc(C(=O)NCCN)nn6)O[C@@H](O[C@H]6C(Cn7cc(C(=O)NCCN)nn7)O[C@@H](O[C@H]7C([n+]8cc(C(=O)NCCN)n[nH]8)O[C@H](O[C@H]8C(Cn9cc(C(=O)NCCN)nn9)O[C@@H](O[C@H]9C(Cn%10cc(C(=O)NCCN)nn%10)O[C@@H](O[C@@H]2[C@H](O)C3O)C(O)[C@H]9O)C(O)[C@H]8O)C(O)[C@H]7O)C(O)[C@H]6O)C(O)[C@H]5O)C(O)[C@H]4O)nn1.